The minimum absolute atomic E-state index is 0.0288. The number of carbonyl (C=O) groups excluding carboxylic acids is 2. The Hall–Kier alpha value is -3.06. The maximum Gasteiger partial charge on any atom is 0.234 e. The van der Waals surface area contributed by atoms with Gasteiger partial charge in [0, 0.05) is 41.1 Å². The van der Waals surface area contributed by atoms with Crippen LogP contribution in [0.15, 0.2) is 48.1 Å². The summed E-state index contributed by atoms with van der Waals surface area (Å²) in [5.41, 5.74) is 3.67. The van der Waals surface area contributed by atoms with Crippen molar-refractivity contribution >= 4 is 34.5 Å². The summed E-state index contributed by atoms with van der Waals surface area (Å²) in [5, 5.41) is 8.67. The molecule has 2 aromatic heterocycles. The molecule has 0 radical (unpaired) electrons. The monoisotopic (exact) mass is 392 g/mol. The Balaban J connectivity index is 1.38. The Kier molecular flexibility index (Phi) is 4.68. The van der Waals surface area contributed by atoms with Gasteiger partial charge in [-0.3, -0.25) is 14.6 Å². The zero-order valence-electron chi connectivity index (χ0n) is 15.7. The van der Waals surface area contributed by atoms with E-state index in [1.165, 1.54) is 0 Å². The summed E-state index contributed by atoms with van der Waals surface area (Å²) in [6.07, 6.45) is 4.42. The van der Waals surface area contributed by atoms with Gasteiger partial charge in [0.15, 0.2) is 0 Å². The number of amides is 2. The van der Waals surface area contributed by atoms with Gasteiger partial charge in [-0.1, -0.05) is 0 Å². The molecule has 1 aromatic carbocycles. The third kappa shape index (κ3) is 3.53. The molecule has 0 aliphatic carbocycles. The highest BCUT2D eigenvalue weighted by Crippen LogP contribution is 2.38. The van der Waals surface area contributed by atoms with E-state index in [2.05, 4.69) is 20.6 Å². The van der Waals surface area contributed by atoms with E-state index in [4.69, 9.17) is 0 Å². The molecule has 6 nitrogen and oxygen atoms in total. The van der Waals surface area contributed by atoms with Crippen LogP contribution in [-0.2, 0) is 21.4 Å². The van der Waals surface area contributed by atoms with Crippen LogP contribution in [0.3, 0.4) is 0 Å². The van der Waals surface area contributed by atoms with Crippen molar-refractivity contribution < 1.29 is 9.59 Å². The average molecular weight is 392 g/mol. The third-order valence-corrected chi connectivity index (χ3v) is 5.80. The van der Waals surface area contributed by atoms with Gasteiger partial charge in [0.05, 0.1) is 11.1 Å². The summed E-state index contributed by atoms with van der Waals surface area (Å²) in [6, 6.07) is 9.36. The smallest absolute Gasteiger partial charge is 0.234 e. The van der Waals surface area contributed by atoms with Crippen LogP contribution in [0, 0.1) is 0 Å². The zero-order valence-corrected chi connectivity index (χ0v) is 16.5. The lowest BCUT2D eigenvalue weighted by Gasteiger charge is -2.16. The lowest BCUT2D eigenvalue weighted by molar-refractivity contribution is -0.119. The largest absolute Gasteiger partial charge is 0.326 e. The molecule has 0 atom stereocenters. The predicted molar refractivity (Wildman–Crippen MR) is 110 cm³/mol. The maximum absolute atomic E-state index is 12.4. The molecule has 4 rings (SSSR count). The fourth-order valence-corrected chi connectivity index (χ4v) is 4.00. The summed E-state index contributed by atoms with van der Waals surface area (Å²) in [5.74, 6) is -0.107. The number of aromatic nitrogens is 2. The second-order valence-corrected chi connectivity index (χ2v) is 8.13. The van der Waals surface area contributed by atoms with Crippen molar-refractivity contribution in [3.63, 3.8) is 0 Å². The topological polar surface area (TPSA) is 84.0 Å². The maximum atomic E-state index is 12.4. The molecule has 2 amide bonds. The Morgan fingerprint density at radius 3 is 2.93 bits per heavy atom. The van der Waals surface area contributed by atoms with Gasteiger partial charge in [-0.05, 0) is 56.2 Å². The van der Waals surface area contributed by atoms with Crippen LogP contribution in [-0.4, -0.2) is 21.8 Å². The third-order valence-electron chi connectivity index (χ3n) is 4.86. The molecule has 0 spiro atoms. The first-order valence-electron chi connectivity index (χ1n) is 9.04. The Bertz CT molecular complexity index is 1040. The number of anilines is 2. The number of fused-ring (bicyclic) bond motifs is 1. The van der Waals surface area contributed by atoms with Gasteiger partial charge >= 0.3 is 0 Å². The van der Waals surface area contributed by atoms with E-state index >= 15 is 0 Å². The number of benzene rings is 1. The number of hydrogen-bond acceptors (Lipinski definition) is 5. The number of nitrogens with zero attached hydrogens (tertiary/aromatic N) is 2. The molecule has 0 saturated heterocycles. The summed E-state index contributed by atoms with van der Waals surface area (Å²) in [7, 11) is 0. The highest BCUT2D eigenvalue weighted by molar-refractivity contribution is 7.13. The van der Waals surface area contributed by atoms with Gasteiger partial charge in [0.2, 0.25) is 11.8 Å². The lowest BCUT2D eigenvalue weighted by atomic mass is 9.86. The van der Waals surface area contributed by atoms with Crippen LogP contribution in [0.25, 0.3) is 10.6 Å². The Morgan fingerprint density at radius 2 is 2.14 bits per heavy atom. The molecule has 3 aromatic rings. The summed E-state index contributed by atoms with van der Waals surface area (Å²) >= 11 is 1.55. The molecule has 0 unspecified atom stereocenters. The lowest BCUT2D eigenvalue weighted by Crippen LogP contribution is -2.26. The fraction of sp³-hybridized carbons (Fsp3) is 0.238. The van der Waals surface area contributed by atoms with Crippen molar-refractivity contribution in [3.8, 4) is 10.6 Å². The number of nitrogens with one attached hydrogen (secondary N) is 2. The van der Waals surface area contributed by atoms with Crippen molar-refractivity contribution in [2.75, 3.05) is 10.6 Å². The molecule has 0 saturated carbocycles. The van der Waals surface area contributed by atoms with Gasteiger partial charge in [-0.2, -0.15) is 0 Å². The second kappa shape index (κ2) is 7.16. The van der Waals surface area contributed by atoms with Crippen molar-refractivity contribution in [2.24, 2.45) is 0 Å². The van der Waals surface area contributed by atoms with E-state index in [0.29, 0.717) is 18.5 Å². The van der Waals surface area contributed by atoms with Crippen molar-refractivity contribution in [3.05, 3.63) is 59.4 Å². The normalized spacial score (nSPS) is 14.4. The molecular weight excluding hydrogens is 372 g/mol. The summed E-state index contributed by atoms with van der Waals surface area (Å²) < 4.78 is 0. The quantitative estimate of drug-likeness (QED) is 0.687. The van der Waals surface area contributed by atoms with Crippen LogP contribution in [0.1, 0.15) is 31.5 Å². The van der Waals surface area contributed by atoms with E-state index in [9.17, 15) is 9.59 Å². The molecule has 1 aliphatic heterocycles. The van der Waals surface area contributed by atoms with Gasteiger partial charge in [-0.15, -0.1) is 11.3 Å². The number of rotatable bonds is 5. The van der Waals surface area contributed by atoms with Crippen LogP contribution in [0.5, 0.6) is 0 Å². The van der Waals surface area contributed by atoms with Crippen LogP contribution >= 0.6 is 11.3 Å². The molecule has 0 bridgehead atoms. The van der Waals surface area contributed by atoms with Crippen molar-refractivity contribution in [1.29, 1.82) is 0 Å². The second-order valence-electron chi connectivity index (χ2n) is 7.27. The van der Waals surface area contributed by atoms with Crippen molar-refractivity contribution in [2.45, 2.75) is 32.1 Å². The van der Waals surface area contributed by atoms with Crippen LogP contribution in [0.2, 0.25) is 0 Å². The Morgan fingerprint density at radius 1 is 1.29 bits per heavy atom. The first-order chi connectivity index (χ1) is 13.4. The van der Waals surface area contributed by atoms with E-state index in [0.717, 1.165) is 27.5 Å². The molecule has 7 heteroatoms. The predicted octanol–water partition coefficient (Wildman–Crippen LogP) is 4.01. The van der Waals surface area contributed by atoms with E-state index < -0.39 is 5.41 Å². The molecule has 2 N–H and O–H groups in total. The van der Waals surface area contributed by atoms with Crippen LogP contribution in [0.4, 0.5) is 11.4 Å². The molecule has 1 aliphatic rings. The SMILES string of the molecule is CC1(C)C(=O)Nc2ccc(NC(=O)CCc3csc(-c4cccnc4)n3)cc21. The van der Waals surface area contributed by atoms with E-state index in [-0.39, 0.29) is 11.8 Å². The first kappa shape index (κ1) is 18.3. The number of thiazole rings is 1. The zero-order chi connectivity index (χ0) is 19.7. The van der Waals surface area contributed by atoms with Gasteiger partial charge < -0.3 is 10.6 Å². The Labute approximate surface area is 167 Å². The standard InChI is InChI=1S/C21H20N4O2S/c1-21(2)16-10-14(5-7-17(16)25-20(21)27)23-18(26)8-6-15-12-28-19(24-15)13-4-3-9-22-11-13/h3-5,7,9-12H,6,8H2,1-2H3,(H,23,26)(H,25,27). The number of hydrogen-bond donors (Lipinski definition) is 2. The number of carbonyl (C=O) groups is 2. The molecule has 28 heavy (non-hydrogen) atoms. The minimum atomic E-state index is -0.598. The van der Waals surface area contributed by atoms with Gasteiger partial charge in [-0.25, -0.2) is 4.98 Å². The summed E-state index contributed by atoms with van der Waals surface area (Å²) in [6.45, 7) is 3.75. The van der Waals surface area contributed by atoms with E-state index in [1.54, 1.807) is 23.7 Å². The fourth-order valence-electron chi connectivity index (χ4n) is 3.16. The molecule has 0 fully saturated rings. The van der Waals surface area contributed by atoms with Crippen molar-refractivity contribution in [1.82, 2.24) is 9.97 Å². The highest BCUT2D eigenvalue weighted by Gasteiger charge is 2.38. The molecule has 3 heterocycles. The number of pyridine rings is 1. The van der Waals surface area contributed by atoms with Crippen LogP contribution < -0.4 is 10.6 Å². The highest BCUT2D eigenvalue weighted by atomic mass is 32.1. The first-order valence-corrected chi connectivity index (χ1v) is 9.92. The van der Waals surface area contributed by atoms with Gasteiger partial charge in [0.25, 0.3) is 0 Å². The molecule has 142 valence electrons. The minimum Gasteiger partial charge on any atom is -0.326 e. The van der Waals surface area contributed by atoms with Gasteiger partial charge in [0.1, 0.15) is 5.01 Å². The van der Waals surface area contributed by atoms with E-state index in [1.807, 2.05) is 49.6 Å². The molecular formula is C21H20N4O2S. The number of aryl methyl sites for hydroxylation is 1. The average Bonchev–Trinajstić information content (AvgIpc) is 3.25. The summed E-state index contributed by atoms with van der Waals surface area (Å²) in [4.78, 5) is 33.1.